The molecule has 0 aliphatic carbocycles. The van der Waals surface area contributed by atoms with Gasteiger partial charge >= 0.3 is 0 Å². The van der Waals surface area contributed by atoms with Gasteiger partial charge in [-0.05, 0) is 12.5 Å². The first-order valence-corrected chi connectivity index (χ1v) is 8.78. The number of quaternary nitrogens is 1. The fraction of sp³-hybridized carbons (Fsp3) is 0.471. The zero-order valence-corrected chi connectivity index (χ0v) is 15.0. The van der Waals surface area contributed by atoms with Crippen LogP contribution in [-0.4, -0.2) is 34.1 Å². The standard InChI is InChI=1S/C17H23N5S/c1-5-15(21(3)4)16-19-20-17(23-13(2)11-18)22(16)12-14-9-7-6-8-10-14/h6-10,13,15H,5,12H2,1-4H3/p+1/t13-,15+/m0/s1. The fourth-order valence-corrected chi connectivity index (χ4v) is 3.34. The summed E-state index contributed by atoms with van der Waals surface area (Å²) in [5.74, 6) is 0.990. The molecular weight excluding hydrogens is 306 g/mol. The highest BCUT2D eigenvalue weighted by Crippen LogP contribution is 2.25. The van der Waals surface area contributed by atoms with E-state index in [1.807, 2.05) is 25.1 Å². The molecule has 2 rings (SSSR count). The van der Waals surface area contributed by atoms with Gasteiger partial charge in [-0.25, -0.2) is 0 Å². The van der Waals surface area contributed by atoms with Crippen molar-refractivity contribution in [1.82, 2.24) is 14.8 Å². The number of nitrogens with one attached hydrogen (secondary N) is 1. The van der Waals surface area contributed by atoms with E-state index in [1.54, 1.807) is 0 Å². The molecule has 2 atom stereocenters. The Bertz CT molecular complexity index is 659. The predicted molar refractivity (Wildman–Crippen MR) is 92.3 cm³/mol. The third-order valence-electron chi connectivity index (χ3n) is 3.81. The largest absolute Gasteiger partial charge is 0.331 e. The zero-order chi connectivity index (χ0) is 16.8. The minimum atomic E-state index is -0.145. The van der Waals surface area contributed by atoms with Crippen LogP contribution in [-0.2, 0) is 6.54 Å². The minimum absolute atomic E-state index is 0.145. The van der Waals surface area contributed by atoms with Gasteiger partial charge in [0.25, 0.3) is 0 Å². The molecule has 1 N–H and O–H groups in total. The summed E-state index contributed by atoms with van der Waals surface area (Å²) >= 11 is 1.47. The Hall–Kier alpha value is -1.84. The second-order valence-corrected chi connectivity index (χ2v) is 7.15. The molecule has 0 fully saturated rings. The van der Waals surface area contributed by atoms with Crippen LogP contribution in [0.2, 0.25) is 0 Å². The summed E-state index contributed by atoms with van der Waals surface area (Å²) in [6.07, 6.45) is 0.994. The van der Waals surface area contributed by atoms with Crippen molar-refractivity contribution in [2.45, 2.75) is 43.3 Å². The zero-order valence-electron chi connectivity index (χ0n) is 14.2. The molecule has 0 amide bonds. The molecule has 0 saturated carbocycles. The minimum Gasteiger partial charge on any atom is -0.331 e. The summed E-state index contributed by atoms with van der Waals surface area (Å²) in [5, 5.41) is 18.6. The number of hydrogen-bond acceptors (Lipinski definition) is 4. The summed E-state index contributed by atoms with van der Waals surface area (Å²) in [7, 11) is 4.28. The van der Waals surface area contributed by atoms with Crippen LogP contribution >= 0.6 is 11.8 Å². The summed E-state index contributed by atoms with van der Waals surface area (Å²) in [6, 6.07) is 12.9. The molecule has 1 aromatic carbocycles. The normalized spacial score (nSPS) is 13.7. The number of aromatic nitrogens is 3. The van der Waals surface area contributed by atoms with Crippen LogP contribution in [0, 0.1) is 11.3 Å². The highest BCUT2D eigenvalue weighted by molar-refractivity contribution is 8.00. The van der Waals surface area contributed by atoms with Gasteiger partial charge < -0.3 is 4.90 Å². The fourth-order valence-electron chi connectivity index (χ4n) is 2.59. The van der Waals surface area contributed by atoms with Crippen LogP contribution in [0.5, 0.6) is 0 Å². The van der Waals surface area contributed by atoms with Gasteiger partial charge in [0.05, 0.1) is 32.0 Å². The summed E-state index contributed by atoms with van der Waals surface area (Å²) in [6.45, 7) is 4.79. The quantitative estimate of drug-likeness (QED) is 0.788. The van der Waals surface area contributed by atoms with Gasteiger partial charge in [0.1, 0.15) is 6.04 Å². The first-order valence-electron chi connectivity index (χ1n) is 7.90. The summed E-state index contributed by atoms with van der Waals surface area (Å²) < 4.78 is 2.16. The Morgan fingerprint density at radius 3 is 2.52 bits per heavy atom. The Morgan fingerprint density at radius 1 is 1.26 bits per heavy atom. The number of nitriles is 1. The van der Waals surface area contributed by atoms with Crippen molar-refractivity contribution in [1.29, 1.82) is 5.26 Å². The second-order valence-electron chi connectivity index (χ2n) is 5.84. The number of benzene rings is 1. The Morgan fingerprint density at radius 2 is 1.96 bits per heavy atom. The first kappa shape index (κ1) is 17.5. The van der Waals surface area contributed by atoms with E-state index >= 15 is 0 Å². The van der Waals surface area contributed by atoms with E-state index in [0.29, 0.717) is 0 Å². The maximum absolute atomic E-state index is 9.09. The lowest BCUT2D eigenvalue weighted by Gasteiger charge is -2.20. The smallest absolute Gasteiger partial charge is 0.192 e. The van der Waals surface area contributed by atoms with E-state index in [9.17, 15) is 0 Å². The Kier molecular flexibility index (Phi) is 6.20. The molecule has 23 heavy (non-hydrogen) atoms. The van der Waals surface area contributed by atoms with E-state index in [1.165, 1.54) is 22.2 Å². The molecule has 0 aliphatic rings. The lowest BCUT2D eigenvalue weighted by Crippen LogP contribution is -3.06. The van der Waals surface area contributed by atoms with Crippen LogP contribution in [0.15, 0.2) is 35.5 Å². The van der Waals surface area contributed by atoms with Crippen LogP contribution in [0.1, 0.15) is 37.7 Å². The van der Waals surface area contributed by atoms with E-state index in [-0.39, 0.29) is 11.3 Å². The predicted octanol–water partition coefficient (Wildman–Crippen LogP) is 1.93. The maximum atomic E-state index is 9.09. The van der Waals surface area contributed by atoms with Crippen molar-refractivity contribution < 1.29 is 4.90 Å². The Labute approximate surface area is 142 Å². The van der Waals surface area contributed by atoms with Crippen molar-refractivity contribution in [2.24, 2.45) is 0 Å². The van der Waals surface area contributed by atoms with Gasteiger partial charge in [-0.15, -0.1) is 10.2 Å². The van der Waals surface area contributed by atoms with Crippen molar-refractivity contribution in [2.75, 3.05) is 14.1 Å². The van der Waals surface area contributed by atoms with Crippen molar-refractivity contribution in [3.8, 4) is 6.07 Å². The highest BCUT2D eigenvalue weighted by Gasteiger charge is 2.25. The van der Waals surface area contributed by atoms with Gasteiger partial charge in [-0.3, -0.25) is 4.57 Å². The maximum Gasteiger partial charge on any atom is 0.192 e. The molecule has 2 aromatic rings. The molecule has 1 heterocycles. The number of nitrogens with zero attached hydrogens (tertiary/aromatic N) is 4. The molecule has 0 spiro atoms. The summed E-state index contributed by atoms with van der Waals surface area (Å²) in [5.41, 5.74) is 1.21. The molecule has 6 heteroatoms. The molecular formula is C17H24N5S+. The van der Waals surface area contributed by atoms with Crippen LogP contribution in [0.25, 0.3) is 0 Å². The SMILES string of the molecule is CC[C@H](c1nnc(S[C@@H](C)C#N)n1Cc1ccccc1)[NH+](C)C. The monoisotopic (exact) mass is 330 g/mol. The lowest BCUT2D eigenvalue weighted by atomic mass is 10.2. The highest BCUT2D eigenvalue weighted by atomic mass is 32.2. The van der Waals surface area contributed by atoms with E-state index in [2.05, 4.69) is 54.0 Å². The average Bonchev–Trinajstić information content (AvgIpc) is 2.91. The van der Waals surface area contributed by atoms with Crippen molar-refractivity contribution >= 4 is 11.8 Å². The van der Waals surface area contributed by atoms with Crippen molar-refractivity contribution in [3.63, 3.8) is 0 Å². The number of thioether (sulfide) groups is 1. The van der Waals surface area contributed by atoms with Crippen LogP contribution < -0.4 is 4.90 Å². The van der Waals surface area contributed by atoms with Crippen molar-refractivity contribution in [3.05, 3.63) is 41.7 Å². The molecule has 0 saturated heterocycles. The van der Waals surface area contributed by atoms with E-state index in [0.717, 1.165) is 23.9 Å². The summed E-state index contributed by atoms with van der Waals surface area (Å²) in [4.78, 5) is 1.33. The van der Waals surface area contributed by atoms with Gasteiger partial charge in [0.15, 0.2) is 11.0 Å². The number of hydrogen-bond donors (Lipinski definition) is 1. The van der Waals surface area contributed by atoms with Crippen LogP contribution in [0.4, 0.5) is 0 Å². The molecule has 0 bridgehead atoms. The average molecular weight is 330 g/mol. The van der Waals surface area contributed by atoms with E-state index in [4.69, 9.17) is 5.26 Å². The first-order chi connectivity index (χ1) is 11.1. The Balaban J connectivity index is 2.40. The topological polar surface area (TPSA) is 58.9 Å². The molecule has 5 nitrogen and oxygen atoms in total. The molecule has 0 radical (unpaired) electrons. The van der Waals surface area contributed by atoms with E-state index < -0.39 is 0 Å². The van der Waals surface area contributed by atoms with Gasteiger partial charge in [-0.1, -0.05) is 49.0 Å². The number of rotatable bonds is 7. The molecule has 122 valence electrons. The molecule has 0 aliphatic heterocycles. The molecule has 1 aromatic heterocycles. The third kappa shape index (κ3) is 4.34. The third-order valence-corrected chi connectivity index (χ3v) is 4.78. The van der Waals surface area contributed by atoms with Gasteiger partial charge in [0.2, 0.25) is 0 Å². The van der Waals surface area contributed by atoms with Gasteiger partial charge in [0, 0.05) is 6.42 Å². The van der Waals surface area contributed by atoms with Crippen LogP contribution in [0.3, 0.4) is 0 Å². The molecule has 0 unspecified atom stereocenters. The second kappa shape index (κ2) is 8.14. The van der Waals surface area contributed by atoms with Gasteiger partial charge in [-0.2, -0.15) is 5.26 Å². The lowest BCUT2D eigenvalue weighted by molar-refractivity contribution is -0.893.